The molecule has 0 bridgehead atoms. The summed E-state index contributed by atoms with van der Waals surface area (Å²) in [6.07, 6.45) is 3.05. The van der Waals surface area contributed by atoms with Crippen LogP contribution in [0.1, 0.15) is 22.4 Å². The van der Waals surface area contributed by atoms with Crippen molar-refractivity contribution in [3.05, 3.63) is 58.9 Å². The van der Waals surface area contributed by atoms with E-state index in [1.807, 2.05) is 0 Å². The monoisotopic (exact) mass is 249 g/mol. The largest absolute Gasteiger partial charge is 0.326 e. The van der Waals surface area contributed by atoms with Gasteiger partial charge >= 0.3 is 0 Å². The van der Waals surface area contributed by atoms with E-state index in [4.69, 9.17) is 10.7 Å². The standard InChI is InChI=1S/C16H15N3/c1-10-2-3-12-8-14-16(13(12)6-10)18-15-7-11(9-17)4-5-19(14)15/h2-7H,8-9,17H2,1H3. The van der Waals surface area contributed by atoms with Gasteiger partial charge in [0.05, 0.1) is 11.4 Å². The molecule has 0 fully saturated rings. The normalized spacial score (nSPS) is 12.7. The van der Waals surface area contributed by atoms with Crippen LogP contribution in [0.15, 0.2) is 36.5 Å². The van der Waals surface area contributed by atoms with Crippen LogP contribution in [-0.2, 0) is 13.0 Å². The third-order valence-electron chi connectivity index (χ3n) is 3.90. The van der Waals surface area contributed by atoms with Gasteiger partial charge < -0.3 is 10.1 Å². The van der Waals surface area contributed by atoms with Gasteiger partial charge in [-0.1, -0.05) is 17.7 Å². The van der Waals surface area contributed by atoms with Gasteiger partial charge in [0.25, 0.3) is 0 Å². The molecule has 2 N–H and O–H groups in total. The lowest BCUT2D eigenvalue weighted by Crippen LogP contribution is -1.98. The first-order valence-corrected chi connectivity index (χ1v) is 6.56. The summed E-state index contributed by atoms with van der Waals surface area (Å²) in [6.45, 7) is 2.68. The zero-order chi connectivity index (χ0) is 13.0. The molecule has 4 rings (SSSR count). The average Bonchev–Trinajstić information content (AvgIpc) is 2.94. The minimum Gasteiger partial charge on any atom is -0.326 e. The first kappa shape index (κ1) is 10.8. The Balaban J connectivity index is 1.99. The summed E-state index contributed by atoms with van der Waals surface area (Å²) in [5, 5.41) is 0. The molecule has 3 heteroatoms. The van der Waals surface area contributed by atoms with Gasteiger partial charge in [0, 0.05) is 24.7 Å². The number of hydrogen-bond acceptors (Lipinski definition) is 2. The van der Waals surface area contributed by atoms with Gasteiger partial charge in [-0.05, 0) is 36.2 Å². The lowest BCUT2D eigenvalue weighted by Gasteiger charge is -2.02. The highest BCUT2D eigenvalue weighted by Gasteiger charge is 2.23. The topological polar surface area (TPSA) is 43.3 Å². The van der Waals surface area contributed by atoms with Crippen molar-refractivity contribution >= 4 is 5.65 Å². The van der Waals surface area contributed by atoms with Crippen LogP contribution in [0, 0.1) is 6.92 Å². The van der Waals surface area contributed by atoms with Gasteiger partial charge in [0.2, 0.25) is 0 Å². The highest BCUT2D eigenvalue weighted by atomic mass is 15.0. The molecule has 94 valence electrons. The SMILES string of the molecule is Cc1ccc2c(c1)-c1nc3cc(CN)ccn3c1C2. The molecule has 2 heterocycles. The third-order valence-corrected chi connectivity index (χ3v) is 3.90. The minimum atomic E-state index is 0.559. The summed E-state index contributed by atoms with van der Waals surface area (Å²) in [5.41, 5.74) is 14.2. The van der Waals surface area contributed by atoms with Crippen LogP contribution in [0.2, 0.25) is 0 Å². The molecule has 2 aromatic heterocycles. The lowest BCUT2D eigenvalue weighted by atomic mass is 10.1. The second-order valence-electron chi connectivity index (χ2n) is 5.21. The first-order chi connectivity index (χ1) is 9.26. The lowest BCUT2D eigenvalue weighted by molar-refractivity contribution is 1.01. The Kier molecular flexibility index (Phi) is 2.09. The second-order valence-corrected chi connectivity index (χ2v) is 5.21. The van der Waals surface area contributed by atoms with E-state index in [9.17, 15) is 0 Å². The van der Waals surface area contributed by atoms with Gasteiger partial charge in [0.15, 0.2) is 0 Å². The number of fused-ring (bicyclic) bond motifs is 5. The average molecular weight is 249 g/mol. The van der Waals surface area contributed by atoms with Crippen molar-refractivity contribution in [3.63, 3.8) is 0 Å². The predicted molar refractivity (Wildman–Crippen MR) is 76.1 cm³/mol. The maximum absolute atomic E-state index is 5.69. The zero-order valence-corrected chi connectivity index (χ0v) is 10.9. The predicted octanol–water partition coefficient (Wildman–Crippen LogP) is 2.67. The smallest absolute Gasteiger partial charge is 0.137 e. The molecule has 0 spiro atoms. The van der Waals surface area contributed by atoms with Crippen LogP contribution in [0.5, 0.6) is 0 Å². The number of nitrogens with two attached hydrogens (primary N) is 1. The van der Waals surface area contributed by atoms with Gasteiger partial charge in [-0.3, -0.25) is 0 Å². The molecule has 0 saturated carbocycles. The molecule has 0 radical (unpaired) electrons. The summed E-state index contributed by atoms with van der Waals surface area (Å²) in [6, 6.07) is 10.8. The number of imidazole rings is 1. The Bertz CT molecular complexity index is 799. The highest BCUT2D eigenvalue weighted by Crippen LogP contribution is 2.37. The number of hydrogen-bond donors (Lipinski definition) is 1. The van der Waals surface area contributed by atoms with Gasteiger partial charge in [-0.25, -0.2) is 4.98 Å². The van der Waals surface area contributed by atoms with Crippen LogP contribution < -0.4 is 5.73 Å². The zero-order valence-electron chi connectivity index (χ0n) is 10.9. The van der Waals surface area contributed by atoms with E-state index in [1.54, 1.807) is 0 Å². The number of nitrogens with zero attached hydrogens (tertiary/aromatic N) is 2. The summed E-state index contributed by atoms with van der Waals surface area (Å²) < 4.78 is 2.18. The minimum absolute atomic E-state index is 0.559. The molecule has 3 nitrogen and oxygen atoms in total. The number of aryl methyl sites for hydroxylation is 1. The maximum atomic E-state index is 5.69. The van der Waals surface area contributed by atoms with Crippen molar-refractivity contribution in [2.45, 2.75) is 19.9 Å². The molecule has 1 aliphatic carbocycles. The molecule has 0 saturated heterocycles. The van der Waals surface area contributed by atoms with Crippen molar-refractivity contribution in [1.82, 2.24) is 9.38 Å². The number of benzene rings is 1. The Morgan fingerprint density at radius 3 is 3.00 bits per heavy atom. The molecule has 1 aromatic carbocycles. The molecule has 0 aliphatic heterocycles. The second kappa shape index (κ2) is 3.68. The number of pyridine rings is 1. The van der Waals surface area contributed by atoms with Crippen LogP contribution in [0.4, 0.5) is 0 Å². The van der Waals surface area contributed by atoms with E-state index in [2.05, 4.69) is 47.9 Å². The van der Waals surface area contributed by atoms with Crippen molar-refractivity contribution in [2.24, 2.45) is 5.73 Å². The van der Waals surface area contributed by atoms with Crippen LogP contribution in [-0.4, -0.2) is 9.38 Å². The molecular formula is C16H15N3. The van der Waals surface area contributed by atoms with E-state index < -0.39 is 0 Å². The van der Waals surface area contributed by atoms with E-state index >= 15 is 0 Å². The maximum Gasteiger partial charge on any atom is 0.137 e. The number of aromatic nitrogens is 2. The van der Waals surface area contributed by atoms with Gasteiger partial charge in [0.1, 0.15) is 5.65 Å². The molecule has 1 aliphatic rings. The quantitative estimate of drug-likeness (QED) is 0.563. The molecular weight excluding hydrogens is 234 g/mol. The Morgan fingerprint density at radius 1 is 1.26 bits per heavy atom. The summed E-state index contributed by atoms with van der Waals surface area (Å²) in [4.78, 5) is 4.79. The molecule has 0 unspecified atom stereocenters. The molecule has 19 heavy (non-hydrogen) atoms. The van der Waals surface area contributed by atoms with E-state index in [-0.39, 0.29) is 0 Å². The molecule has 0 amide bonds. The van der Waals surface area contributed by atoms with Gasteiger partial charge in [-0.15, -0.1) is 0 Å². The molecule has 3 aromatic rings. The van der Waals surface area contributed by atoms with Crippen LogP contribution in [0.25, 0.3) is 16.9 Å². The Labute approximate surface area is 111 Å². The first-order valence-electron chi connectivity index (χ1n) is 6.56. The van der Waals surface area contributed by atoms with E-state index in [1.165, 1.54) is 22.4 Å². The molecule has 0 atom stereocenters. The van der Waals surface area contributed by atoms with E-state index in [0.29, 0.717) is 6.54 Å². The van der Waals surface area contributed by atoms with Crippen LogP contribution >= 0.6 is 0 Å². The number of rotatable bonds is 1. The Morgan fingerprint density at radius 2 is 2.16 bits per heavy atom. The van der Waals surface area contributed by atoms with Crippen LogP contribution in [0.3, 0.4) is 0 Å². The van der Waals surface area contributed by atoms with Crippen molar-refractivity contribution in [1.29, 1.82) is 0 Å². The third kappa shape index (κ3) is 1.45. The van der Waals surface area contributed by atoms with Crippen molar-refractivity contribution < 1.29 is 0 Å². The summed E-state index contributed by atoms with van der Waals surface area (Å²) in [5.74, 6) is 0. The van der Waals surface area contributed by atoms with E-state index in [0.717, 1.165) is 23.3 Å². The fourth-order valence-corrected chi connectivity index (χ4v) is 2.89. The van der Waals surface area contributed by atoms with Crippen molar-refractivity contribution in [3.8, 4) is 11.3 Å². The van der Waals surface area contributed by atoms with Crippen molar-refractivity contribution in [2.75, 3.05) is 0 Å². The summed E-state index contributed by atoms with van der Waals surface area (Å²) in [7, 11) is 0. The Hall–Kier alpha value is -2.13. The fourth-order valence-electron chi connectivity index (χ4n) is 2.89. The summed E-state index contributed by atoms with van der Waals surface area (Å²) >= 11 is 0. The fraction of sp³-hybridized carbons (Fsp3) is 0.188. The highest BCUT2D eigenvalue weighted by molar-refractivity contribution is 5.76. The van der Waals surface area contributed by atoms with Gasteiger partial charge in [-0.2, -0.15) is 0 Å².